The van der Waals surface area contributed by atoms with Crippen LogP contribution in [0.3, 0.4) is 0 Å². The zero-order chi connectivity index (χ0) is 41.2. The third-order valence-electron chi connectivity index (χ3n) is 12.0. The second-order valence-electron chi connectivity index (χ2n) is 15.6. The Labute approximate surface area is 362 Å². The smallest absolute Gasteiger partial charge is 0.0562 e. The van der Waals surface area contributed by atoms with Crippen molar-refractivity contribution in [3.63, 3.8) is 0 Å². The van der Waals surface area contributed by atoms with Crippen molar-refractivity contribution in [3.05, 3.63) is 255 Å². The highest BCUT2D eigenvalue weighted by Crippen LogP contribution is 2.48. The summed E-state index contributed by atoms with van der Waals surface area (Å²) in [4.78, 5) is 2.44. The Bertz CT molecular complexity index is 3330. The average Bonchev–Trinajstić information content (AvgIpc) is 3.70. The molecule has 2 nitrogen and oxygen atoms in total. The standard InChI is InChI=1S/C60H42N2/c1-5-22-43(23-6-1)48-30-13-15-33-51(48)53-41-40-47(42-55(53)52-34-16-14-31-49(52)44-24-7-2-8-25-44)62-57-37-20-18-35-54(57)60-58(38-21-39-59(60)62)61(46-28-11-4-12-29-46)56-36-19-17-32-50(56)45-26-9-3-10-27-45/h1-42H. The van der Waals surface area contributed by atoms with Crippen LogP contribution in [-0.4, -0.2) is 4.57 Å². The van der Waals surface area contributed by atoms with Gasteiger partial charge in [0.25, 0.3) is 0 Å². The van der Waals surface area contributed by atoms with Gasteiger partial charge in [0.2, 0.25) is 0 Å². The van der Waals surface area contributed by atoms with Crippen LogP contribution in [0.1, 0.15) is 0 Å². The van der Waals surface area contributed by atoms with Crippen LogP contribution in [0.15, 0.2) is 255 Å². The van der Waals surface area contributed by atoms with Crippen molar-refractivity contribution in [1.82, 2.24) is 4.57 Å². The molecule has 0 radical (unpaired) electrons. The lowest BCUT2D eigenvalue weighted by Gasteiger charge is -2.28. The van der Waals surface area contributed by atoms with Crippen LogP contribution in [0, 0.1) is 0 Å². The van der Waals surface area contributed by atoms with Crippen LogP contribution in [-0.2, 0) is 0 Å². The second kappa shape index (κ2) is 16.1. The first-order chi connectivity index (χ1) is 30.8. The number of hydrogen-bond acceptors (Lipinski definition) is 1. The quantitative estimate of drug-likeness (QED) is 0.141. The molecule has 11 aromatic rings. The van der Waals surface area contributed by atoms with E-state index in [0.29, 0.717) is 0 Å². The highest BCUT2D eigenvalue weighted by molar-refractivity contribution is 6.17. The van der Waals surface area contributed by atoms with Gasteiger partial charge < -0.3 is 9.47 Å². The van der Waals surface area contributed by atoms with Crippen LogP contribution in [0.2, 0.25) is 0 Å². The summed E-state index contributed by atoms with van der Waals surface area (Å²) >= 11 is 0. The lowest BCUT2D eigenvalue weighted by molar-refractivity contribution is 1.18. The number of benzene rings is 10. The Morgan fingerprint density at radius 1 is 0.274 bits per heavy atom. The van der Waals surface area contributed by atoms with E-state index >= 15 is 0 Å². The number of rotatable bonds is 9. The van der Waals surface area contributed by atoms with Crippen LogP contribution in [0.25, 0.3) is 83.1 Å². The third-order valence-corrected chi connectivity index (χ3v) is 12.0. The molecular weight excluding hydrogens is 749 g/mol. The largest absolute Gasteiger partial charge is 0.309 e. The number of anilines is 3. The van der Waals surface area contributed by atoms with Gasteiger partial charge in [-0.2, -0.15) is 0 Å². The molecule has 0 amide bonds. The monoisotopic (exact) mass is 790 g/mol. The number of nitrogens with zero attached hydrogens (tertiary/aromatic N) is 2. The van der Waals surface area contributed by atoms with E-state index in [4.69, 9.17) is 0 Å². The Hall–Kier alpha value is -8.20. The predicted molar refractivity (Wildman–Crippen MR) is 263 cm³/mol. The van der Waals surface area contributed by atoms with E-state index in [1.807, 2.05) is 0 Å². The van der Waals surface area contributed by atoms with Gasteiger partial charge in [-0.3, -0.25) is 0 Å². The van der Waals surface area contributed by atoms with Crippen molar-refractivity contribution in [3.8, 4) is 61.3 Å². The normalized spacial score (nSPS) is 11.2. The molecule has 1 aromatic heterocycles. The highest BCUT2D eigenvalue weighted by atomic mass is 15.1. The number of hydrogen-bond donors (Lipinski definition) is 0. The molecule has 0 saturated carbocycles. The zero-order valence-corrected chi connectivity index (χ0v) is 34.1. The molecule has 0 aliphatic heterocycles. The van der Waals surface area contributed by atoms with Crippen molar-refractivity contribution in [2.24, 2.45) is 0 Å². The molecule has 0 N–H and O–H groups in total. The molecule has 292 valence electrons. The van der Waals surface area contributed by atoms with Crippen molar-refractivity contribution in [1.29, 1.82) is 0 Å². The lowest BCUT2D eigenvalue weighted by atomic mass is 9.86. The highest BCUT2D eigenvalue weighted by Gasteiger charge is 2.24. The summed E-state index contributed by atoms with van der Waals surface area (Å²) in [6.07, 6.45) is 0. The van der Waals surface area contributed by atoms with Gasteiger partial charge in [-0.25, -0.2) is 0 Å². The fraction of sp³-hybridized carbons (Fsp3) is 0. The molecule has 10 aromatic carbocycles. The average molecular weight is 791 g/mol. The minimum absolute atomic E-state index is 1.10. The predicted octanol–water partition coefficient (Wildman–Crippen LogP) is 16.6. The molecule has 11 rings (SSSR count). The fourth-order valence-corrected chi connectivity index (χ4v) is 9.28. The van der Waals surface area contributed by atoms with E-state index in [0.717, 1.165) is 33.8 Å². The Kier molecular flexibility index (Phi) is 9.57. The van der Waals surface area contributed by atoms with Gasteiger partial charge in [-0.1, -0.05) is 206 Å². The molecule has 0 spiro atoms. The van der Waals surface area contributed by atoms with Gasteiger partial charge in [-0.05, 0) is 98.6 Å². The minimum atomic E-state index is 1.10. The first-order valence-corrected chi connectivity index (χ1v) is 21.3. The Morgan fingerprint density at radius 2 is 0.710 bits per heavy atom. The first kappa shape index (κ1) is 36.8. The van der Waals surface area contributed by atoms with Crippen LogP contribution in [0.5, 0.6) is 0 Å². The van der Waals surface area contributed by atoms with E-state index in [1.54, 1.807) is 0 Å². The van der Waals surface area contributed by atoms with E-state index in [1.165, 1.54) is 66.4 Å². The lowest BCUT2D eigenvalue weighted by Crippen LogP contribution is -2.11. The number of para-hydroxylation sites is 3. The molecule has 0 aliphatic rings. The van der Waals surface area contributed by atoms with E-state index in [2.05, 4.69) is 264 Å². The first-order valence-electron chi connectivity index (χ1n) is 21.3. The van der Waals surface area contributed by atoms with E-state index in [9.17, 15) is 0 Å². The van der Waals surface area contributed by atoms with E-state index < -0.39 is 0 Å². The van der Waals surface area contributed by atoms with E-state index in [-0.39, 0.29) is 0 Å². The van der Waals surface area contributed by atoms with Gasteiger partial charge in [0.15, 0.2) is 0 Å². The van der Waals surface area contributed by atoms with Crippen LogP contribution < -0.4 is 4.90 Å². The maximum Gasteiger partial charge on any atom is 0.0562 e. The summed E-state index contributed by atoms with van der Waals surface area (Å²) in [7, 11) is 0. The second-order valence-corrected chi connectivity index (χ2v) is 15.6. The van der Waals surface area contributed by atoms with Crippen molar-refractivity contribution < 1.29 is 0 Å². The van der Waals surface area contributed by atoms with Crippen molar-refractivity contribution in [2.75, 3.05) is 4.90 Å². The van der Waals surface area contributed by atoms with Gasteiger partial charge in [-0.15, -0.1) is 0 Å². The van der Waals surface area contributed by atoms with Crippen LogP contribution in [0.4, 0.5) is 17.1 Å². The molecule has 0 bridgehead atoms. The Balaban J connectivity index is 1.18. The Morgan fingerprint density at radius 3 is 1.34 bits per heavy atom. The van der Waals surface area contributed by atoms with Gasteiger partial charge in [0.1, 0.15) is 0 Å². The summed E-state index contributed by atoms with van der Waals surface area (Å²) in [5, 5.41) is 2.39. The van der Waals surface area contributed by atoms with Crippen LogP contribution >= 0.6 is 0 Å². The topological polar surface area (TPSA) is 8.17 Å². The molecule has 0 atom stereocenters. The van der Waals surface area contributed by atoms with Crippen molar-refractivity contribution in [2.45, 2.75) is 0 Å². The fourth-order valence-electron chi connectivity index (χ4n) is 9.28. The molecular formula is C60H42N2. The van der Waals surface area contributed by atoms with Gasteiger partial charge in [0, 0.05) is 27.7 Å². The summed E-state index contributed by atoms with van der Waals surface area (Å²) < 4.78 is 2.46. The minimum Gasteiger partial charge on any atom is -0.309 e. The van der Waals surface area contributed by atoms with Gasteiger partial charge >= 0.3 is 0 Å². The maximum absolute atomic E-state index is 2.46. The molecule has 0 fully saturated rings. The van der Waals surface area contributed by atoms with Crippen molar-refractivity contribution >= 4 is 38.9 Å². The van der Waals surface area contributed by atoms with Gasteiger partial charge in [0.05, 0.1) is 22.4 Å². The number of fused-ring (bicyclic) bond motifs is 3. The zero-order valence-electron chi connectivity index (χ0n) is 34.1. The summed E-state index contributed by atoms with van der Waals surface area (Å²) in [6, 6.07) is 92.1. The number of aromatic nitrogens is 1. The molecule has 0 unspecified atom stereocenters. The summed E-state index contributed by atoms with van der Waals surface area (Å²) in [5.41, 5.74) is 18.6. The SMILES string of the molecule is c1ccc(-c2ccccc2-c2ccc(-n3c4ccccc4c4c(N(c5ccccc5)c5ccccc5-c5ccccc5)cccc43)cc2-c2ccccc2-c2ccccc2)cc1. The molecule has 2 heteroatoms. The molecule has 0 aliphatic carbocycles. The summed E-state index contributed by atoms with van der Waals surface area (Å²) in [6.45, 7) is 0. The molecule has 1 heterocycles. The molecule has 62 heavy (non-hydrogen) atoms. The third kappa shape index (κ3) is 6.56. The molecule has 0 saturated heterocycles. The summed E-state index contributed by atoms with van der Waals surface area (Å²) in [5.74, 6) is 0. The maximum atomic E-state index is 2.46.